The molecule has 37 heavy (non-hydrogen) atoms. The van der Waals surface area contributed by atoms with Crippen molar-refractivity contribution in [1.82, 2.24) is 30.0 Å². The molecule has 4 aromatic rings. The van der Waals surface area contributed by atoms with E-state index < -0.39 is 35.4 Å². The van der Waals surface area contributed by atoms with Gasteiger partial charge in [0.1, 0.15) is 17.5 Å². The second kappa shape index (κ2) is 8.11. The maximum atomic E-state index is 14.8. The average Bonchev–Trinajstić information content (AvgIpc) is 3.40. The third-order valence-corrected chi connectivity index (χ3v) is 6.56. The van der Waals surface area contributed by atoms with Crippen molar-refractivity contribution in [1.29, 1.82) is 0 Å². The number of hydrogen-bond donors (Lipinski definition) is 2. The fourth-order valence-electron chi connectivity index (χ4n) is 4.88. The van der Waals surface area contributed by atoms with Gasteiger partial charge in [0, 0.05) is 29.7 Å². The fourth-order valence-corrected chi connectivity index (χ4v) is 4.88. The van der Waals surface area contributed by atoms with E-state index in [-0.39, 0.29) is 36.6 Å². The molecule has 2 amide bonds. The lowest BCUT2D eigenvalue weighted by molar-refractivity contribution is -0.145. The number of nitrogens with one attached hydrogen (secondary N) is 2. The number of alkyl halides is 3. The van der Waals surface area contributed by atoms with Crippen LogP contribution < -0.4 is 5.32 Å². The maximum Gasteiger partial charge on any atom is 0.453 e. The first-order valence-electron chi connectivity index (χ1n) is 11.3. The third-order valence-electron chi connectivity index (χ3n) is 6.56. The lowest BCUT2D eigenvalue weighted by atomic mass is 9.99. The van der Waals surface area contributed by atoms with Gasteiger partial charge in [0.2, 0.25) is 0 Å². The van der Waals surface area contributed by atoms with Crippen LogP contribution in [0.2, 0.25) is 0 Å². The number of hydrogen-bond acceptors (Lipinski definition) is 4. The molecule has 2 N–H and O–H groups in total. The van der Waals surface area contributed by atoms with E-state index in [0.717, 1.165) is 22.4 Å². The van der Waals surface area contributed by atoms with E-state index in [4.69, 9.17) is 0 Å². The number of amides is 2. The summed E-state index contributed by atoms with van der Waals surface area (Å²) in [7, 11) is 0. The number of halogens is 5. The van der Waals surface area contributed by atoms with Gasteiger partial charge in [0.25, 0.3) is 17.6 Å². The van der Waals surface area contributed by atoms with Crippen LogP contribution in [0.4, 0.5) is 22.0 Å². The molecule has 8 nitrogen and oxygen atoms in total. The van der Waals surface area contributed by atoms with E-state index in [1.54, 1.807) is 0 Å². The lowest BCUT2D eigenvalue weighted by Gasteiger charge is -2.27. The largest absolute Gasteiger partial charge is 0.453 e. The lowest BCUT2D eigenvalue weighted by Crippen LogP contribution is -2.39. The number of benzene rings is 2. The molecule has 2 aromatic heterocycles. The smallest absolute Gasteiger partial charge is 0.354 e. The van der Waals surface area contributed by atoms with Gasteiger partial charge in [-0.3, -0.25) is 9.59 Å². The normalized spacial score (nSPS) is 15.5. The van der Waals surface area contributed by atoms with Crippen molar-refractivity contribution >= 4 is 22.7 Å². The minimum absolute atomic E-state index is 0.0181. The summed E-state index contributed by atoms with van der Waals surface area (Å²) in [4.78, 5) is 33.5. The van der Waals surface area contributed by atoms with Gasteiger partial charge in [0.05, 0.1) is 24.2 Å². The Bertz CT molecular complexity index is 1610. The molecular weight excluding hydrogens is 499 g/mol. The van der Waals surface area contributed by atoms with E-state index in [0.29, 0.717) is 35.1 Å². The molecule has 2 aliphatic rings. The summed E-state index contributed by atoms with van der Waals surface area (Å²) in [5.74, 6) is -3.87. The summed E-state index contributed by atoms with van der Waals surface area (Å²) in [6.45, 7) is 0.0350. The van der Waals surface area contributed by atoms with Gasteiger partial charge in [-0.25, -0.2) is 18.4 Å². The zero-order valence-corrected chi connectivity index (χ0v) is 18.9. The van der Waals surface area contributed by atoms with Crippen LogP contribution in [0.1, 0.15) is 37.9 Å². The predicted octanol–water partition coefficient (Wildman–Crippen LogP) is 3.67. The van der Waals surface area contributed by atoms with Gasteiger partial charge >= 0.3 is 6.18 Å². The van der Waals surface area contributed by atoms with Crippen LogP contribution in [0.15, 0.2) is 30.3 Å². The van der Waals surface area contributed by atoms with Crippen LogP contribution in [0, 0.1) is 11.6 Å². The quantitative estimate of drug-likeness (QED) is 0.398. The van der Waals surface area contributed by atoms with Crippen molar-refractivity contribution in [2.24, 2.45) is 0 Å². The van der Waals surface area contributed by atoms with Gasteiger partial charge in [-0.05, 0) is 47.9 Å². The monoisotopic (exact) mass is 516 g/mol. The average molecular weight is 516 g/mol. The molecule has 0 spiro atoms. The molecule has 0 saturated carbocycles. The van der Waals surface area contributed by atoms with E-state index in [1.165, 1.54) is 23.1 Å². The minimum Gasteiger partial charge on any atom is -0.354 e. The number of carbonyl (C=O) groups excluding carboxylic acids is 2. The van der Waals surface area contributed by atoms with E-state index in [1.807, 2.05) is 0 Å². The highest BCUT2D eigenvalue weighted by molar-refractivity contribution is 6.10. The molecule has 4 heterocycles. The SMILES string of the molecule is O=C1NCCc2c(-c3ccc(F)c(C(=O)N4CCn5nc(C(F)(F)F)nc5C4)c3)[nH]c3cc(F)cc1c23. The minimum atomic E-state index is -4.72. The summed E-state index contributed by atoms with van der Waals surface area (Å²) in [5, 5.41) is 6.72. The molecule has 2 aliphatic heterocycles. The molecule has 2 aromatic carbocycles. The predicted molar refractivity (Wildman–Crippen MR) is 119 cm³/mol. The summed E-state index contributed by atoms with van der Waals surface area (Å²) in [6, 6.07) is 6.35. The van der Waals surface area contributed by atoms with Gasteiger partial charge in [-0.2, -0.15) is 13.2 Å². The van der Waals surface area contributed by atoms with Crippen LogP contribution in [-0.4, -0.2) is 49.6 Å². The Morgan fingerprint density at radius 2 is 1.89 bits per heavy atom. The first kappa shape index (κ1) is 23.1. The standard InChI is InChI=1S/C24H17F5N6O2/c25-12-8-15-19-13(3-4-30-21(15)36)20(31-17(19)9-12)11-1-2-16(26)14(7-11)22(37)34-5-6-35-18(10-34)32-23(33-35)24(27,28)29/h1-2,7-9,31H,3-6,10H2,(H,30,36). The summed E-state index contributed by atoms with van der Waals surface area (Å²) in [5.41, 5.74) is 1.97. The molecule has 0 unspecified atom stereocenters. The number of aromatic nitrogens is 4. The number of rotatable bonds is 2. The number of carbonyl (C=O) groups is 2. The first-order valence-corrected chi connectivity index (χ1v) is 11.3. The molecule has 0 radical (unpaired) electrons. The van der Waals surface area contributed by atoms with Crippen molar-refractivity contribution in [3.63, 3.8) is 0 Å². The van der Waals surface area contributed by atoms with Crippen LogP contribution in [0.25, 0.3) is 22.2 Å². The van der Waals surface area contributed by atoms with Gasteiger partial charge in [-0.1, -0.05) is 0 Å². The summed E-state index contributed by atoms with van der Waals surface area (Å²) in [6.07, 6.45) is -4.30. The zero-order chi connectivity index (χ0) is 26.1. The second-order valence-corrected chi connectivity index (χ2v) is 8.85. The molecule has 6 rings (SSSR count). The van der Waals surface area contributed by atoms with Crippen molar-refractivity contribution in [2.45, 2.75) is 25.7 Å². The number of aromatic amines is 1. The summed E-state index contributed by atoms with van der Waals surface area (Å²) >= 11 is 0. The number of nitrogens with zero attached hydrogens (tertiary/aromatic N) is 4. The molecule has 13 heteroatoms. The first-order chi connectivity index (χ1) is 17.6. The highest BCUT2D eigenvalue weighted by Gasteiger charge is 2.38. The number of H-pyrrole nitrogens is 1. The van der Waals surface area contributed by atoms with Gasteiger partial charge < -0.3 is 15.2 Å². The Balaban J connectivity index is 1.37. The molecule has 0 bridgehead atoms. The van der Waals surface area contributed by atoms with E-state index in [9.17, 15) is 31.5 Å². The fraction of sp³-hybridized carbons (Fsp3) is 0.250. The van der Waals surface area contributed by atoms with Crippen LogP contribution in [-0.2, 0) is 25.7 Å². The molecule has 0 atom stereocenters. The van der Waals surface area contributed by atoms with Crippen molar-refractivity contribution in [2.75, 3.05) is 13.1 Å². The van der Waals surface area contributed by atoms with Crippen molar-refractivity contribution < 1.29 is 31.5 Å². The Morgan fingerprint density at radius 1 is 1.08 bits per heavy atom. The van der Waals surface area contributed by atoms with Crippen LogP contribution >= 0.6 is 0 Å². The van der Waals surface area contributed by atoms with Crippen molar-refractivity contribution in [3.8, 4) is 11.3 Å². The molecule has 0 saturated heterocycles. The second-order valence-electron chi connectivity index (χ2n) is 8.85. The van der Waals surface area contributed by atoms with Gasteiger partial charge in [0.15, 0.2) is 0 Å². The topological polar surface area (TPSA) is 95.9 Å². The summed E-state index contributed by atoms with van der Waals surface area (Å²) < 4.78 is 69.0. The van der Waals surface area contributed by atoms with E-state index >= 15 is 0 Å². The Kier molecular flexibility index (Phi) is 5.07. The Morgan fingerprint density at radius 3 is 2.68 bits per heavy atom. The Labute approximate surface area is 205 Å². The molecule has 0 fully saturated rings. The van der Waals surface area contributed by atoms with Crippen LogP contribution in [0.5, 0.6) is 0 Å². The third kappa shape index (κ3) is 3.81. The number of fused-ring (bicyclic) bond motifs is 1. The highest BCUT2D eigenvalue weighted by Crippen LogP contribution is 2.35. The Hall–Kier alpha value is -4.29. The molecule has 190 valence electrons. The van der Waals surface area contributed by atoms with Gasteiger partial charge in [-0.15, -0.1) is 5.10 Å². The van der Waals surface area contributed by atoms with Crippen molar-refractivity contribution in [3.05, 3.63) is 70.3 Å². The van der Waals surface area contributed by atoms with E-state index in [2.05, 4.69) is 20.4 Å². The highest BCUT2D eigenvalue weighted by atomic mass is 19.4. The van der Waals surface area contributed by atoms with Crippen LogP contribution in [0.3, 0.4) is 0 Å². The molecule has 0 aliphatic carbocycles. The molecular formula is C24H17F5N6O2. The zero-order valence-electron chi connectivity index (χ0n) is 18.9. The maximum absolute atomic E-state index is 14.8.